The van der Waals surface area contributed by atoms with Gasteiger partial charge in [0.1, 0.15) is 22.9 Å². The van der Waals surface area contributed by atoms with Crippen LogP contribution in [0.15, 0.2) is 57.6 Å². The highest BCUT2D eigenvalue weighted by Crippen LogP contribution is 2.23. The van der Waals surface area contributed by atoms with E-state index in [2.05, 4.69) is 43.1 Å². The van der Waals surface area contributed by atoms with Gasteiger partial charge in [0.05, 0.1) is 6.54 Å². The molecule has 3 aromatic heterocycles. The lowest BCUT2D eigenvalue weighted by Crippen LogP contribution is -1.97. The minimum Gasteiger partial charge on any atom is -0.464 e. The van der Waals surface area contributed by atoms with E-state index >= 15 is 0 Å². The molecule has 119 valence electrons. The van der Waals surface area contributed by atoms with E-state index in [1.54, 1.807) is 6.20 Å². The van der Waals surface area contributed by atoms with E-state index in [-0.39, 0.29) is 0 Å². The zero-order chi connectivity index (χ0) is 16.5. The van der Waals surface area contributed by atoms with Crippen molar-refractivity contribution in [1.82, 2.24) is 15.0 Å². The number of aromatic nitrogens is 3. The van der Waals surface area contributed by atoms with Crippen LogP contribution < -0.4 is 5.32 Å². The van der Waals surface area contributed by atoms with Crippen LogP contribution in [0.25, 0.3) is 22.6 Å². The van der Waals surface area contributed by atoms with Gasteiger partial charge in [-0.15, -0.1) is 0 Å². The van der Waals surface area contributed by atoms with Gasteiger partial charge in [-0.2, -0.15) is 0 Å². The van der Waals surface area contributed by atoms with Gasteiger partial charge in [0.25, 0.3) is 0 Å². The highest BCUT2D eigenvalue weighted by molar-refractivity contribution is 9.10. The first kappa shape index (κ1) is 15.0. The maximum Gasteiger partial charge on any atom is 0.157 e. The Morgan fingerprint density at radius 1 is 1.17 bits per heavy atom. The number of rotatable bonds is 4. The smallest absolute Gasteiger partial charge is 0.157 e. The van der Waals surface area contributed by atoms with Gasteiger partial charge in [0.2, 0.25) is 0 Å². The molecule has 0 aliphatic rings. The Balaban J connectivity index is 1.51. The molecule has 4 rings (SSSR count). The molecule has 1 aromatic carbocycles. The fourth-order valence-electron chi connectivity index (χ4n) is 2.46. The summed E-state index contributed by atoms with van der Waals surface area (Å²) in [7, 11) is 0. The van der Waals surface area contributed by atoms with E-state index < -0.39 is 0 Å². The second kappa shape index (κ2) is 6.13. The summed E-state index contributed by atoms with van der Waals surface area (Å²) in [5, 5.41) is 3.32. The van der Waals surface area contributed by atoms with Crippen molar-refractivity contribution in [2.45, 2.75) is 6.54 Å². The molecule has 0 atom stereocenters. The van der Waals surface area contributed by atoms with Gasteiger partial charge in [0, 0.05) is 28.8 Å². The van der Waals surface area contributed by atoms with E-state index in [1.165, 1.54) is 0 Å². The van der Waals surface area contributed by atoms with Crippen molar-refractivity contribution in [3.05, 3.63) is 71.6 Å². The maximum atomic E-state index is 5.44. The van der Waals surface area contributed by atoms with E-state index in [1.807, 2.05) is 42.5 Å². The number of fused-ring (bicyclic) bond motifs is 1. The lowest BCUT2D eigenvalue weighted by atomic mass is 10.2. The number of anilines is 1. The Morgan fingerprint density at radius 2 is 2.00 bits per heavy atom. The number of benzene rings is 1. The van der Waals surface area contributed by atoms with Gasteiger partial charge in [-0.05, 0) is 58.4 Å². The Hall–Kier alpha value is -2.60. The second-order valence-electron chi connectivity index (χ2n) is 5.41. The third kappa shape index (κ3) is 3.05. The van der Waals surface area contributed by atoms with Crippen LogP contribution in [0.1, 0.15) is 11.5 Å². The molecule has 1 radical (unpaired) electrons. The summed E-state index contributed by atoms with van der Waals surface area (Å²) in [5.74, 6) is 2.33. The van der Waals surface area contributed by atoms with Crippen LogP contribution in [0.5, 0.6) is 0 Å². The Morgan fingerprint density at radius 3 is 2.75 bits per heavy atom. The molecular weight excluding hydrogens is 368 g/mol. The number of nitrogens with one attached hydrogen (secondary N) is 2. The first-order valence-corrected chi connectivity index (χ1v) is 8.23. The number of pyridine rings is 1. The minimum atomic E-state index is 0.622. The molecule has 4 aromatic rings. The molecule has 24 heavy (non-hydrogen) atoms. The SMILES string of the molecule is [CH2]c1ccc(CNc2ccc(-c3nc4cc(Br)cnc4[nH]3)cc2)o1. The van der Waals surface area contributed by atoms with E-state index in [0.29, 0.717) is 12.3 Å². The van der Waals surface area contributed by atoms with Gasteiger partial charge >= 0.3 is 0 Å². The fourth-order valence-corrected chi connectivity index (χ4v) is 2.78. The molecule has 5 nitrogen and oxygen atoms in total. The summed E-state index contributed by atoms with van der Waals surface area (Å²) in [6.07, 6.45) is 1.75. The van der Waals surface area contributed by atoms with Gasteiger partial charge in [-0.3, -0.25) is 0 Å². The van der Waals surface area contributed by atoms with E-state index in [9.17, 15) is 0 Å². The Labute approximate surface area is 147 Å². The topological polar surface area (TPSA) is 66.7 Å². The fraction of sp³-hybridized carbons (Fsp3) is 0.0556. The highest BCUT2D eigenvalue weighted by Gasteiger charge is 2.07. The van der Waals surface area contributed by atoms with Gasteiger partial charge in [-0.1, -0.05) is 0 Å². The van der Waals surface area contributed by atoms with Crippen molar-refractivity contribution < 1.29 is 4.42 Å². The molecule has 0 saturated heterocycles. The molecule has 0 amide bonds. The second-order valence-corrected chi connectivity index (χ2v) is 6.32. The Kier molecular flexibility index (Phi) is 3.82. The van der Waals surface area contributed by atoms with Crippen LogP contribution in [0.3, 0.4) is 0 Å². The molecule has 0 spiro atoms. The molecule has 0 bridgehead atoms. The molecule has 0 fully saturated rings. The average molecular weight is 382 g/mol. The van der Waals surface area contributed by atoms with Crippen LogP contribution in [0.4, 0.5) is 5.69 Å². The molecule has 0 aliphatic carbocycles. The number of halogens is 1. The predicted molar refractivity (Wildman–Crippen MR) is 97.5 cm³/mol. The maximum absolute atomic E-state index is 5.44. The predicted octanol–water partition coefficient (Wildman–Crippen LogP) is 4.77. The first-order chi connectivity index (χ1) is 11.7. The molecule has 2 N–H and O–H groups in total. The minimum absolute atomic E-state index is 0.622. The van der Waals surface area contributed by atoms with Gasteiger partial charge in [0.15, 0.2) is 5.65 Å². The van der Waals surface area contributed by atoms with Gasteiger partial charge < -0.3 is 14.7 Å². The summed E-state index contributed by atoms with van der Waals surface area (Å²) in [4.78, 5) is 12.1. The number of imidazole rings is 1. The van der Waals surface area contributed by atoms with E-state index in [4.69, 9.17) is 4.42 Å². The zero-order valence-electron chi connectivity index (χ0n) is 12.7. The zero-order valence-corrected chi connectivity index (χ0v) is 14.3. The van der Waals surface area contributed by atoms with Crippen molar-refractivity contribution in [3.8, 4) is 11.4 Å². The third-order valence-corrected chi connectivity index (χ3v) is 4.08. The van der Waals surface area contributed by atoms with Crippen molar-refractivity contribution in [2.75, 3.05) is 5.32 Å². The molecule has 6 heteroatoms. The Bertz CT molecular complexity index is 988. The average Bonchev–Trinajstić information content (AvgIpc) is 3.19. The largest absolute Gasteiger partial charge is 0.464 e. The number of furan rings is 1. The number of hydrogen-bond acceptors (Lipinski definition) is 4. The summed E-state index contributed by atoms with van der Waals surface area (Å²) in [5.41, 5.74) is 3.63. The van der Waals surface area contributed by atoms with Gasteiger partial charge in [-0.25, -0.2) is 9.97 Å². The number of aromatic amines is 1. The quantitative estimate of drug-likeness (QED) is 0.533. The number of hydrogen-bond donors (Lipinski definition) is 2. The molecule has 0 aliphatic heterocycles. The normalized spacial score (nSPS) is 11.1. The van der Waals surface area contributed by atoms with Crippen LogP contribution in [-0.4, -0.2) is 15.0 Å². The molecular formula is C18H14BrN4O. The lowest BCUT2D eigenvalue weighted by molar-refractivity contribution is 0.502. The molecule has 0 saturated carbocycles. The summed E-state index contributed by atoms with van der Waals surface area (Å²) < 4.78 is 6.36. The van der Waals surface area contributed by atoms with Crippen LogP contribution >= 0.6 is 15.9 Å². The molecule has 3 heterocycles. The summed E-state index contributed by atoms with van der Waals surface area (Å²) in [6, 6.07) is 13.8. The van der Waals surface area contributed by atoms with Crippen LogP contribution in [0, 0.1) is 6.92 Å². The first-order valence-electron chi connectivity index (χ1n) is 7.43. The van der Waals surface area contributed by atoms with Crippen LogP contribution in [0.2, 0.25) is 0 Å². The third-order valence-electron chi connectivity index (χ3n) is 3.65. The molecule has 0 unspecified atom stereocenters. The standard InChI is InChI=1S/C18H14BrN4O/c1-11-2-7-15(24-11)10-20-14-5-3-12(4-6-14)17-22-16-8-13(19)9-21-18(16)23-17/h2-9,20H,1,10H2,(H,21,22,23). The summed E-state index contributed by atoms with van der Waals surface area (Å²) in [6.45, 7) is 4.37. The van der Waals surface area contributed by atoms with E-state index in [0.717, 1.165) is 38.5 Å². The number of H-pyrrole nitrogens is 1. The highest BCUT2D eigenvalue weighted by atomic mass is 79.9. The van der Waals surface area contributed by atoms with Crippen LogP contribution in [-0.2, 0) is 6.54 Å². The van der Waals surface area contributed by atoms with Crippen molar-refractivity contribution in [3.63, 3.8) is 0 Å². The van der Waals surface area contributed by atoms with Crippen molar-refractivity contribution >= 4 is 32.8 Å². The van der Waals surface area contributed by atoms with Crippen molar-refractivity contribution in [2.24, 2.45) is 0 Å². The number of nitrogens with zero attached hydrogens (tertiary/aromatic N) is 2. The van der Waals surface area contributed by atoms with Crippen molar-refractivity contribution in [1.29, 1.82) is 0 Å². The summed E-state index contributed by atoms with van der Waals surface area (Å²) >= 11 is 3.41. The monoisotopic (exact) mass is 381 g/mol. The lowest BCUT2D eigenvalue weighted by Gasteiger charge is -2.05.